The summed E-state index contributed by atoms with van der Waals surface area (Å²) in [5.41, 5.74) is 0.232. The number of ether oxygens (including phenoxy) is 1. The van der Waals surface area contributed by atoms with Crippen molar-refractivity contribution >= 4 is 35.5 Å². The van der Waals surface area contributed by atoms with E-state index in [1.54, 1.807) is 32.9 Å². The van der Waals surface area contributed by atoms with Crippen LogP contribution in [-0.2, 0) is 19.1 Å². The number of nitrogens with zero attached hydrogens (tertiary/aromatic N) is 1. The minimum absolute atomic E-state index is 0.157. The number of aliphatic hydroxyl groups excluding tert-OH is 2. The second-order valence-electron chi connectivity index (χ2n) is 10.3. The van der Waals surface area contributed by atoms with Crippen LogP contribution in [0.2, 0.25) is 0 Å². The molecule has 1 aliphatic heterocycles. The fourth-order valence-corrected chi connectivity index (χ4v) is 4.92. The zero-order valence-electron chi connectivity index (χ0n) is 21.6. The summed E-state index contributed by atoms with van der Waals surface area (Å²) in [6, 6.07) is 0. The Kier molecular flexibility index (Phi) is 10.5. The molecule has 0 fully saturated rings. The van der Waals surface area contributed by atoms with Gasteiger partial charge in [0, 0.05) is 17.2 Å². The highest BCUT2D eigenvalue weighted by Gasteiger charge is 2.42. The third-order valence-corrected chi connectivity index (χ3v) is 7.75. The summed E-state index contributed by atoms with van der Waals surface area (Å²) in [7, 11) is 0. The summed E-state index contributed by atoms with van der Waals surface area (Å²) in [6.45, 7) is 10.4. The molecule has 0 bridgehead atoms. The Morgan fingerprint density at radius 1 is 1.20 bits per heavy atom. The third-order valence-electron chi connectivity index (χ3n) is 6.96. The minimum Gasteiger partial charge on any atom is -0.453 e. The van der Waals surface area contributed by atoms with Gasteiger partial charge >= 0.3 is 5.97 Å². The molecule has 0 spiro atoms. The number of aryl methyl sites for hydroxylation is 1. The first kappa shape index (κ1) is 29.1. The Labute approximate surface area is 212 Å². The van der Waals surface area contributed by atoms with Gasteiger partial charge < -0.3 is 19.7 Å². The lowest BCUT2D eigenvalue weighted by molar-refractivity contribution is -0.152. The van der Waals surface area contributed by atoms with Crippen LogP contribution in [0.5, 0.6) is 0 Å². The first-order chi connectivity index (χ1) is 16.4. The number of Topliss-reactive ketones (excluding diaryl/α,β-unsaturated/α-hetero) is 1. The Morgan fingerprint density at radius 3 is 2.49 bits per heavy atom. The number of hydrogen-bond acceptors (Lipinski definition) is 8. The average molecular weight is 506 g/mol. The van der Waals surface area contributed by atoms with Crippen LogP contribution in [0, 0.1) is 30.1 Å². The van der Waals surface area contributed by atoms with E-state index in [1.807, 2.05) is 32.2 Å². The van der Waals surface area contributed by atoms with Crippen molar-refractivity contribution in [3.8, 4) is 0 Å². The lowest BCUT2D eigenvalue weighted by atomic mass is 9.73. The number of ketones is 1. The molecule has 35 heavy (non-hydrogen) atoms. The van der Waals surface area contributed by atoms with E-state index in [2.05, 4.69) is 4.98 Å². The van der Waals surface area contributed by atoms with E-state index in [-0.39, 0.29) is 24.0 Å². The van der Waals surface area contributed by atoms with Crippen molar-refractivity contribution in [2.75, 3.05) is 0 Å². The van der Waals surface area contributed by atoms with Gasteiger partial charge in [-0.15, -0.1) is 11.3 Å². The topological polar surface area (TPSA) is 114 Å². The van der Waals surface area contributed by atoms with Crippen LogP contribution in [0.3, 0.4) is 0 Å². The molecule has 0 radical (unpaired) electrons. The molecule has 0 aliphatic carbocycles. The highest BCUT2D eigenvalue weighted by atomic mass is 32.1. The fraction of sp³-hybridized carbons (Fsp3) is 0.630. The van der Waals surface area contributed by atoms with Crippen molar-refractivity contribution in [3.63, 3.8) is 0 Å². The number of cyclic esters (lactones) is 1. The molecule has 0 amide bonds. The second-order valence-corrected chi connectivity index (χ2v) is 11.3. The van der Waals surface area contributed by atoms with Gasteiger partial charge in [0.25, 0.3) is 0 Å². The molecule has 194 valence electrons. The quantitative estimate of drug-likeness (QED) is 0.358. The van der Waals surface area contributed by atoms with Gasteiger partial charge in [-0.2, -0.15) is 0 Å². The molecular weight excluding hydrogens is 466 g/mol. The van der Waals surface area contributed by atoms with Gasteiger partial charge in [0.15, 0.2) is 0 Å². The smallest absolute Gasteiger partial charge is 0.309 e. The van der Waals surface area contributed by atoms with Gasteiger partial charge in [-0.1, -0.05) is 40.2 Å². The molecule has 0 saturated heterocycles. The fourth-order valence-electron chi connectivity index (χ4n) is 4.35. The second kappa shape index (κ2) is 12.7. The Bertz CT molecular complexity index is 949. The predicted molar refractivity (Wildman–Crippen MR) is 137 cm³/mol. The molecule has 0 aromatic carbocycles. The van der Waals surface area contributed by atoms with E-state index in [1.165, 1.54) is 11.3 Å². The standard InChI is InChI=1S/C27H39NO6S/c1-16-8-7-9-20(14-29)10-11-22(17(2)12-21-15-35-19(4)28-21)34-24(31)13-23(30)27(5,6)26(33)18(3)25(16)32/h10-12,14-16,18,20,22-23,25,30,32H,7-9,13H2,1-6H3/t16?,18?,20?,22-,23?,25-/m0/s1. The van der Waals surface area contributed by atoms with Crippen molar-refractivity contribution in [1.82, 2.24) is 4.98 Å². The highest BCUT2D eigenvalue weighted by molar-refractivity contribution is 7.09. The van der Waals surface area contributed by atoms with Crippen molar-refractivity contribution in [1.29, 1.82) is 0 Å². The maximum Gasteiger partial charge on any atom is 0.309 e. The molecule has 2 heterocycles. The molecular formula is C27H39NO6S. The van der Waals surface area contributed by atoms with E-state index >= 15 is 0 Å². The van der Waals surface area contributed by atoms with Gasteiger partial charge in [-0.25, -0.2) is 4.98 Å². The Balaban J connectivity index is 2.38. The maximum atomic E-state index is 13.2. The van der Waals surface area contributed by atoms with Crippen LogP contribution >= 0.6 is 11.3 Å². The predicted octanol–water partition coefficient (Wildman–Crippen LogP) is 4.30. The maximum absolute atomic E-state index is 13.2. The highest BCUT2D eigenvalue weighted by Crippen LogP contribution is 2.32. The normalized spacial score (nSPS) is 31.7. The molecule has 6 atom stereocenters. The summed E-state index contributed by atoms with van der Waals surface area (Å²) in [5, 5.41) is 24.4. The molecule has 2 N–H and O–H groups in total. The molecule has 4 unspecified atom stereocenters. The first-order valence-electron chi connectivity index (χ1n) is 12.2. The lowest BCUT2D eigenvalue weighted by Gasteiger charge is -2.34. The number of carbonyl (C=O) groups excluding carboxylic acids is 3. The summed E-state index contributed by atoms with van der Waals surface area (Å²) >= 11 is 1.51. The Morgan fingerprint density at radius 2 is 1.89 bits per heavy atom. The Hall–Kier alpha value is -2.16. The van der Waals surface area contributed by atoms with Crippen molar-refractivity contribution in [2.45, 2.75) is 85.5 Å². The van der Waals surface area contributed by atoms with Crippen LogP contribution < -0.4 is 0 Å². The summed E-state index contributed by atoms with van der Waals surface area (Å²) in [5.74, 6) is -2.20. The average Bonchev–Trinajstić information content (AvgIpc) is 3.21. The van der Waals surface area contributed by atoms with E-state index < -0.39 is 35.6 Å². The van der Waals surface area contributed by atoms with Crippen LogP contribution in [0.15, 0.2) is 23.1 Å². The van der Waals surface area contributed by atoms with Gasteiger partial charge in [0.2, 0.25) is 0 Å². The van der Waals surface area contributed by atoms with E-state index in [0.29, 0.717) is 19.3 Å². The van der Waals surface area contributed by atoms with Crippen molar-refractivity contribution < 1.29 is 29.3 Å². The molecule has 2 rings (SSSR count). The first-order valence-corrected chi connectivity index (χ1v) is 13.1. The number of hydrogen-bond donors (Lipinski definition) is 2. The largest absolute Gasteiger partial charge is 0.453 e. The van der Waals surface area contributed by atoms with Crippen LogP contribution in [-0.4, -0.2) is 51.5 Å². The summed E-state index contributed by atoms with van der Waals surface area (Å²) in [6.07, 6.45) is 4.77. The van der Waals surface area contributed by atoms with Crippen LogP contribution in [0.4, 0.5) is 0 Å². The van der Waals surface area contributed by atoms with Crippen molar-refractivity contribution in [2.24, 2.45) is 23.2 Å². The molecule has 7 nitrogen and oxygen atoms in total. The number of allylic oxidation sites excluding steroid dienone is 1. The molecule has 1 aliphatic rings. The van der Waals surface area contributed by atoms with E-state index in [9.17, 15) is 24.6 Å². The number of aromatic nitrogens is 1. The molecule has 8 heteroatoms. The lowest BCUT2D eigenvalue weighted by Crippen LogP contribution is -2.45. The van der Waals surface area contributed by atoms with Gasteiger partial charge in [-0.3, -0.25) is 9.59 Å². The number of aliphatic hydroxyl groups is 2. The third kappa shape index (κ3) is 7.92. The van der Waals surface area contributed by atoms with Gasteiger partial charge in [0.1, 0.15) is 18.2 Å². The monoisotopic (exact) mass is 505 g/mol. The van der Waals surface area contributed by atoms with Gasteiger partial charge in [-0.05, 0) is 50.3 Å². The zero-order valence-corrected chi connectivity index (χ0v) is 22.4. The number of carbonyl (C=O) groups is 3. The van der Waals surface area contributed by atoms with E-state index in [4.69, 9.17) is 4.74 Å². The molecule has 1 aromatic rings. The SMILES string of the molecule is CC(=Cc1csc(C)n1)[C@@H]1C=CC(C=O)CCCC(C)[C@H](O)C(C)C(=O)C(C)(C)C(O)CC(=O)O1. The number of thiazole rings is 1. The van der Waals surface area contributed by atoms with Gasteiger partial charge in [0.05, 0.1) is 34.7 Å². The summed E-state index contributed by atoms with van der Waals surface area (Å²) in [4.78, 5) is 42.1. The minimum atomic E-state index is -1.28. The van der Waals surface area contributed by atoms with Crippen LogP contribution in [0.25, 0.3) is 6.08 Å². The summed E-state index contributed by atoms with van der Waals surface area (Å²) < 4.78 is 5.69. The molecule has 1 aromatic heterocycles. The number of rotatable bonds is 3. The van der Waals surface area contributed by atoms with Crippen molar-refractivity contribution in [3.05, 3.63) is 33.8 Å². The van der Waals surface area contributed by atoms with Crippen LogP contribution in [0.1, 0.15) is 71.0 Å². The van der Waals surface area contributed by atoms with E-state index in [0.717, 1.165) is 22.6 Å². The molecule has 0 saturated carbocycles. The number of esters is 1. The number of aldehydes is 1. The zero-order chi connectivity index (χ0) is 26.3.